The Bertz CT molecular complexity index is 1580. The van der Waals surface area contributed by atoms with E-state index in [0.717, 1.165) is 24.1 Å². The van der Waals surface area contributed by atoms with E-state index in [1.165, 1.54) is 6.07 Å². The van der Waals surface area contributed by atoms with Crippen LogP contribution in [0.25, 0.3) is 0 Å². The van der Waals surface area contributed by atoms with Crippen molar-refractivity contribution in [2.24, 2.45) is 5.92 Å². The molecule has 0 radical (unpaired) electrons. The number of carbonyl (C=O) groups excluding carboxylic acids is 2. The van der Waals surface area contributed by atoms with Gasteiger partial charge in [-0.05, 0) is 67.1 Å². The molecule has 3 aromatic carbocycles. The molecule has 212 valence electrons. The zero-order valence-corrected chi connectivity index (χ0v) is 24.4. The van der Waals surface area contributed by atoms with Gasteiger partial charge >= 0.3 is 0 Å². The average molecular weight is 594 g/mol. The van der Waals surface area contributed by atoms with E-state index in [1.54, 1.807) is 24.3 Å². The molecule has 41 heavy (non-hydrogen) atoms. The number of likely N-dealkylation sites (tertiary alicyclic amines) is 2. The van der Waals surface area contributed by atoms with Gasteiger partial charge < -0.3 is 15.1 Å². The quantitative estimate of drug-likeness (QED) is 0.387. The molecular weight excluding hydrogens is 562 g/mol. The zero-order valence-electron chi connectivity index (χ0n) is 22.9. The Morgan fingerprint density at radius 3 is 2.61 bits per heavy atom. The molecule has 3 aromatic rings. The second kappa shape index (κ2) is 9.72. The molecule has 3 heterocycles. The molecule has 1 aliphatic carbocycles. The van der Waals surface area contributed by atoms with Gasteiger partial charge in [0.05, 0.1) is 11.1 Å². The largest absolute Gasteiger partial charge is 0.378 e. The second-order valence-electron chi connectivity index (χ2n) is 11.9. The van der Waals surface area contributed by atoms with Crippen molar-refractivity contribution in [3.8, 4) is 0 Å². The van der Waals surface area contributed by atoms with Crippen molar-refractivity contribution < 1.29 is 14.0 Å². The van der Waals surface area contributed by atoms with Gasteiger partial charge in [-0.3, -0.25) is 14.5 Å². The third kappa shape index (κ3) is 4.00. The molecule has 4 atom stereocenters. The number of halogens is 3. The molecular formula is C32H31Cl2FN4O2. The molecule has 7 rings (SSSR count). The van der Waals surface area contributed by atoms with E-state index in [1.807, 2.05) is 54.2 Å². The van der Waals surface area contributed by atoms with E-state index in [-0.39, 0.29) is 22.9 Å². The Morgan fingerprint density at radius 1 is 1.07 bits per heavy atom. The maximum absolute atomic E-state index is 16.1. The summed E-state index contributed by atoms with van der Waals surface area (Å²) in [7, 11) is 3.87. The number of hydrogen-bond acceptors (Lipinski definition) is 4. The third-order valence-electron chi connectivity index (χ3n) is 9.39. The van der Waals surface area contributed by atoms with Gasteiger partial charge in [-0.1, -0.05) is 47.5 Å². The SMILES string of the molecule is CN(C)c1cccc(C(=O)N2CC[C@H]3C2[C@H](c2cccc(Cl)c2F)[C@]2(C(=O)Nc4cc(Cl)ccc42)N3CC2CC2)c1. The molecule has 3 fully saturated rings. The molecule has 2 saturated heterocycles. The molecule has 6 nitrogen and oxygen atoms in total. The minimum Gasteiger partial charge on any atom is -0.378 e. The summed E-state index contributed by atoms with van der Waals surface area (Å²) in [4.78, 5) is 34.8. The van der Waals surface area contributed by atoms with Crippen molar-refractivity contribution in [1.29, 1.82) is 0 Å². The molecule has 2 amide bonds. The molecule has 4 aliphatic rings. The molecule has 1 unspecified atom stereocenters. The van der Waals surface area contributed by atoms with Gasteiger partial charge in [0.15, 0.2) is 0 Å². The van der Waals surface area contributed by atoms with E-state index < -0.39 is 23.3 Å². The monoisotopic (exact) mass is 592 g/mol. The van der Waals surface area contributed by atoms with Gasteiger partial charge in [0, 0.05) is 66.7 Å². The van der Waals surface area contributed by atoms with Crippen LogP contribution < -0.4 is 10.2 Å². The second-order valence-corrected chi connectivity index (χ2v) is 12.8. The molecule has 0 aromatic heterocycles. The van der Waals surface area contributed by atoms with E-state index in [0.29, 0.717) is 47.3 Å². The summed E-state index contributed by atoms with van der Waals surface area (Å²) in [6.45, 7) is 1.22. The van der Waals surface area contributed by atoms with Crippen molar-refractivity contribution in [2.75, 3.05) is 37.4 Å². The molecule has 9 heteroatoms. The fraction of sp³-hybridized carbons (Fsp3) is 0.375. The maximum atomic E-state index is 16.1. The van der Waals surface area contributed by atoms with Crippen molar-refractivity contribution in [2.45, 2.75) is 42.8 Å². The van der Waals surface area contributed by atoms with Gasteiger partial charge in [-0.25, -0.2) is 4.39 Å². The smallest absolute Gasteiger partial charge is 0.254 e. The predicted octanol–water partition coefficient (Wildman–Crippen LogP) is 6.14. The first-order valence-corrected chi connectivity index (χ1v) is 14.9. The lowest BCUT2D eigenvalue weighted by atomic mass is 9.73. The lowest BCUT2D eigenvalue weighted by molar-refractivity contribution is -0.128. The normalized spacial score (nSPS) is 26.8. The summed E-state index contributed by atoms with van der Waals surface area (Å²) in [6.07, 6.45) is 2.87. The summed E-state index contributed by atoms with van der Waals surface area (Å²) in [6, 6.07) is 17.4. The van der Waals surface area contributed by atoms with Gasteiger partial charge in [-0.15, -0.1) is 0 Å². The topological polar surface area (TPSA) is 55.9 Å². The number of fused-ring (bicyclic) bond motifs is 3. The van der Waals surface area contributed by atoms with Crippen LogP contribution in [-0.2, 0) is 10.3 Å². The van der Waals surface area contributed by atoms with Crippen LogP contribution in [0, 0.1) is 11.7 Å². The van der Waals surface area contributed by atoms with Gasteiger partial charge in [0.1, 0.15) is 11.4 Å². The highest BCUT2D eigenvalue weighted by Gasteiger charge is 2.70. The Hall–Kier alpha value is -3.13. The van der Waals surface area contributed by atoms with Crippen LogP contribution in [-0.4, -0.2) is 60.9 Å². The number of rotatable bonds is 5. The summed E-state index contributed by atoms with van der Waals surface area (Å²) >= 11 is 12.7. The Balaban J connectivity index is 1.44. The van der Waals surface area contributed by atoms with Gasteiger partial charge in [0.2, 0.25) is 5.91 Å². The molecule has 0 bridgehead atoms. The van der Waals surface area contributed by atoms with Crippen LogP contribution in [0.15, 0.2) is 60.7 Å². The number of benzene rings is 3. The highest BCUT2D eigenvalue weighted by atomic mass is 35.5. The molecule has 3 aliphatic heterocycles. The summed E-state index contributed by atoms with van der Waals surface area (Å²) < 4.78 is 16.1. The standard InChI is InChI=1S/C32H31Cl2FN4O2/c1-37(2)21-6-3-5-19(15-21)30(40)38-14-13-26-29(38)27(22-7-4-8-24(34)28(22)35)32(39(26)17-18-9-10-18)23-12-11-20(33)16-25(23)36-31(32)41/h3-8,11-12,15-16,18,26-27,29H,9-10,13-14,17H2,1-2H3,(H,36,41)/t26-,27-,29?,32+/m0/s1. The van der Waals surface area contributed by atoms with E-state index in [2.05, 4.69) is 10.2 Å². The highest BCUT2D eigenvalue weighted by molar-refractivity contribution is 6.31. The van der Waals surface area contributed by atoms with Crippen LogP contribution in [0.3, 0.4) is 0 Å². The fourth-order valence-corrected chi connectivity index (χ4v) is 7.82. The van der Waals surface area contributed by atoms with Gasteiger partial charge in [-0.2, -0.15) is 0 Å². The highest BCUT2D eigenvalue weighted by Crippen LogP contribution is 2.61. The van der Waals surface area contributed by atoms with Crippen LogP contribution in [0.2, 0.25) is 10.0 Å². The average Bonchev–Trinajstić information content (AvgIpc) is 3.51. The Labute approximate surface area is 249 Å². The maximum Gasteiger partial charge on any atom is 0.254 e. The number of anilines is 2. The van der Waals surface area contributed by atoms with Crippen molar-refractivity contribution in [1.82, 2.24) is 9.80 Å². The Morgan fingerprint density at radius 2 is 1.85 bits per heavy atom. The first kappa shape index (κ1) is 26.7. The number of carbonyl (C=O) groups is 2. The molecule has 1 spiro atoms. The zero-order chi connectivity index (χ0) is 28.6. The van der Waals surface area contributed by atoms with Crippen molar-refractivity contribution >= 4 is 46.4 Å². The van der Waals surface area contributed by atoms with Crippen LogP contribution in [0.1, 0.15) is 46.7 Å². The van der Waals surface area contributed by atoms with Crippen molar-refractivity contribution in [3.63, 3.8) is 0 Å². The predicted molar refractivity (Wildman–Crippen MR) is 159 cm³/mol. The number of hydrogen-bond donors (Lipinski definition) is 1. The van der Waals surface area contributed by atoms with Crippen LogP contribution >= 0.6 is 23.2 Å². The first-order valence-electron chi connectivity index (χ1n) is 14.1. The summed E-state index contributed by atoms with van der Waals surface area (Å²) in [5.41, 5.74) is 2.03. The molecule has 1 N–H and O–H groups in total. The van der Waals surface area contributed by atoms with Gasteiger partial charge in [0.25, 0.3) is 5.91 Å². The van der Waals surface area contributed by atoms with Crippen LogP contribution in [0.4, 0.5) is 15.8 Å². The summed E-state index contributed by atoms with van der Waals surface area (Å²) in [5.74, 6) is -1.10. The minimum atomic E-state index is -1.21. The van der Waals surface area contributed by atoms with E-state index >= 15 is 4.39 Å². The van der Waals surface area contributed by atoms with E-state index in [4.69, 9.17) is 23.2 Å². The number of nitrogens with one attached hydrogen (secondary N) is 1. The van der Waals surface area contributed by atoms with Crippen molar-refractivity contribution in [3.05, 3.63) is 93.2 Å². The lowest BCUT2D eigenvalue weighted by Crippen LogP contribution is -2.53. The van der Waals surface area contributed by atoms with Crippen LogP contribution in [0.5, 0.6) is 0 Å². The molecule has 1 saturated carbocycles. The van der Waals surface area contributed by atoms with E-state index in [9.17, 15) is 9.59 Å². The number of nitrogens with zero attached hydrogens (tertiary/aromatic N) is 3. The first-order chi connectivity index (χ1) is 19.7. The minimum absolute atomic E-state index is 0.000801. The third-order valence-corrected chi connectivity index (χ3v) is 9.92. The Kier molecular flexibility index (Phi) is 6.34. The number of amides is 2. The summed E-state index contributed by atoms with van der Waals surface area (Å²) in [5, 5.41) is 3.59. The fourth-order valence-electron chi connectivity index (χ4n) is 7.46. The lowest BCUT2D eigenvalue weighted by Gasteiger charge is -2.41.